The summed E-state index contributed by atoms with van der Waals surface area (Å²) >= 11 is 0. The van der Waals surface area contributed by atoms with E-state index in [0.717, 1.165) is 0 Å². The van der Waals surface area contributed by atoms with Crippen molar-refractivity contribution in [1.82, 2.24) is 5.32 Å². The van der Waals surface area contributed by atoms with Crippen LogP contribution >= 0.6 is 12.4 Å². The van der Waals surface area contributed by atoms with E-state index in [1.54, 1.807) is 13.8 Å². The van der Waals surface area contributed by atoms with Crippen molar-refractivity contribution in [2.45, 2.75) is 25.9 Å². The topological polar surface area (TPSA) is 73.6 Å². The van der Waals surface area contributed by atoms with Gasteiger partial charge in [-0.15, -0.1) is 12.4 Å². The zero-order valence-corrected chi connectivity index (χ0v) is 12.7. The molecule has 0 aliphatic carbocycles. The minimum atomic E-state index is -0.648. The Hall–Kier alpha value is -1.53. The standard InChI is InChI=1S/C13H19FN2O3.ClH/c1-7(15)13(17)16-8(2)9-5-11(18-3)12(19-4)6-10(9)14;/h5-8H,15H2,1-4H3,(H,16,17);1H/t7-,8?;/m0./s1. The largest absolute Gasteiger partial charge is 0.493 e. The number of hydrogen-bond acceptors (Lipinski definition) is 4. The van der Waals surface area contributed by atoms with Crippen molar-refractivity contribution in [2.75, 3.05) is 14.2 Å². The summed E-state index contributed by atoms with van der Waals surface area (Å²) in [6.45, 7) is 3.23. The Morgan fingerprint density at radius 3 is 2.20 bits per heavy atom. The lowest BCUT2D eigenvalue weighted by atomic mass is 10.1. The quantitative estimate of drug-likeness (QED) is 0.870. The van der Waals surface area contributed by atoms with Gasteiger partial charge >= 0.3 is 0 Å². The average molecular weight is 307 g/mol. The van der Waals surface area contributed by atoms with Gasteiger partial charge in [0.1, 0.15) is 5.82 Å². The fourth-order valence-corrected chi connectivity index (χ4v) is 1.62. The number of amides is 1. The maximum Gasteiger partial charge on any atom is 0.237 e. The van der Waals surface area contributed by atoms with Crippen LogP contribution in [0, 0.1) is 5.82 Å². The van der Waals surface area contributed by atoms with Crippen LogP contribution in [-0.2, 0) is 4.79 Å². The van der Waals surface area contributed by atoms with Crippen LogP contribution in [0.25, 0.3) is 0 Å². The van der Waals surface area contributed by atoms with Crippen molar-refractivity contribution < 1.29 is 18.7 Å². The molecule has 0 aliphatic heterocycles. The summed E-state index contributed by atoms with van der Waals surface area (Å²) in [5, 5.41) is 2.62. The summed E-state index contributed by atoms with van der Waals surface area (Å²) < 4.78 is 24.0. The van der Waals surface area contributed by atoms with E-state index in [9.17, 15) is 9.18 Å². The summed E-state index contributed by atoms with van der Waals surface area (Å²) in [4.78, 5) is 11.5. The molecule has 7 heteroatoms. The summed E-state index contributed by atoms with van der Waals surface area (Å²) in [7, 11) is 2.89. The second-order valence-electron chi connectivity index (χ2n) is 4.25. The highest BCUT2D eigenvalue weighted by Gasteiger charge is 2.18. The SMILES string of the molecule is COc1cc(F)c(C(C)NC(=O)[C@H](C)N)cc1OC.Cl. The zero-order valence-electron chi connectivity index (χ0n) is 11.9. The van der Waals surface area contributed by atoms with E-state index in [4.69, 9.17) is 15.2 Å². The van der Waals surface area contributed by atoms with Crippen molar-refractivity contribution >= 4 is 18.3 Å². The lowest BCUT2D eigenvalue weighted by molar-refractivity contribution is -0.122. The number of ether oxygens (including phenoxy) is 2. The molecule has 0 saturated heterocycles. The fraction of sp³-hybridized carbons (Fsp3) is 0.462. The minimum absolute atomic E-state index is 0. The van der Waals surface area contributed by atoms with Crippen molar-refractivity contribution in [1.29, 1.82) is 0 Å². The molecule has 2 atom stereocenters. The summed E-state index contributed by atoms with van der Waals surface area (Å²) in [5.41, 5.74) is 5.76. The summed E-state index contributed by atoms with van der Waals surface area (Å²) in [5.74, 6) is -0.118. The Bertz CT molecular complexity index is 469. The van der Waals surface area contributed by atoms with E-state index < -0.39 is 17.9 Å². The number of carbonyl (C=O) groups excluding carboxylic acids is 1. The van der Waals surface area contributed by atoms with Crippen LogP contribution in [0.5, 0.6) is 11.5 Å². The molecule has 114 valence electrons. The van der Waals surface area contributed by atoms with Gasteiger partial charge in [0, 0.05) is 11.6 Å². The number of nitrogens with one attached hydrogen (secondary N) is 1. The molecule has 0 bridgehead atoms. The van der Waals surface area contributed by atoms with Gasteiger partial charge in [0.25, 0.3) is 0 Å². The van der Waals surface area contributed by atoms with Gasteiger partial charge in [-0.3, -0.25) is 4.79 Å². The molecule has 1 rings (SSSR count). The van der Waals surface area contributed by atoms with Gasteiger partial charge in [-0.05, 0) is 19.9 Å². The Kier molecular flexibility index (Phi) is 7.31. The van der Waals surface area contributed by atoms with E-state index in [-0.39, 0.29) is 18.3 Å². The van der Waals surface area contributed by atoms with Gasteiger partial charge in [-0.25, -0.2) is 4.39 Å². The molecule has 0 saturated carbocycles. The van der Waals surface area contributed by atoms with Gasteiger partial charge in [-0.2, -0.15) is 0 Å². The van der Waals surface area contributed by atoms with Crippen LogP contribution < -0.4 is 20.5 Å². The van der Waals surface area contributed by atoms with Crippen molar-refractivity contribution in [3.05, 3.63) is 23.5 Å². The highest BCUT2D eigenvalue weighted by molar-refractivity contribution is 5.85. The fourth-order valence-electron chi connectivity index (χ4n) is 1.62. The number of hydrogen-bond donors (Lipinski definition) is 2. The smallest absolute Gasteiger partial charge is 0.237 e. The number of halogens is 2. The van der Waals surface area contributed by atoms with Crippen LogP contribution in [0.3, 0.4) is 0 Å². The minimum Gasteiger partial charge on any atom is -0.493 e. The highest BCUT2D eigenvalue weighted by Crippen LogP contribution is 2.32. The van der Waals surface area contributed by atoms with Crippen LogP contribution in [0.1, 0.15) is 25.5 Å². The average Bonchev–Trinajstić information content (AvgIpc) is 2.37. The first-order valence-corrected chi connectivity index (χ1v) is 5.88. The maximum atomic E-state index is 13.9. The van der Waals surface area contributed by atoms with E-state index in [2.05, 4.69) is 5.32 Å². The number of benzene rings is 1. The monoisotopic (exact) mass is 306 g/mol. The van der Waals surface area contributed by atoms with Gasteiger partial charge in [-0.1, -0.05) is 0 Å². The number of carbonyl (C=O) groups is 1. The Balaban J connectivity index is 0.00000361. The van der Waals surface area contributed by atoms with Gasteiger partial charge in [0.05, 0.1) is 26.3 Å². The second-order valence-corrected chi connectivity index (χ2v) is 4.25. The predicted molar refractivity (Wildman–Crippen MR) is 77.0 cm³/mol. The summed E-state index contributed by atoms with van der Waals surface area (Å²) in [6.07, 6.45) is 0. The molecule has 1 amide bonds. The molecule has 0 radical (unpaired) electrons. The number of rotatable bonds is 5. The molecule has 0 heterocycles. The van der Waals surface area contributed by atoms with E-state index in [1.807, 2.05) is 0 Å². The molecular weight excluding hydrogens is 287 g/mol. The maximum absolute atomic E-state index is 13.9. The first kappa shape index (κ1) is 18.5. The van der Waals surface area contributed by atoms with Gasteiger partial charge < -0.3 is 20.5 Å². The third-order valence-corrected chi connectivity index (χ3v) is 2.74. The molecule has 1 aromatic carbocycles. The Morgan fingerprint density at radius 1 is 1.25 bits per heavy atom. The first-order chi connectivity index (χ1) is 8.90. The van der Waals surface area contributed by atoms with Gasteiger partial charge in [0.2, 0.25) is 5.91 Å². The van der Waals surface area contributed by atoms with Crippen LogP contribution in [0.4, 0.5) is 4.39 Å². The summed E-state index contributed by atoms with van der Waals surface area (Å²) in [6, 6.07) is 1.56. The van der Waals surface area contributed by atoms with Crippen molar-refractivity contribution in [2.24, 2.45) is 5.73 Å². The highest BCUT2D eigenvalue weighted by atomic mass is 35.5. The molecule has 1 aromatic rings. The van der Waals surface area contributed by atoms with Crippen LogP contribution in [0.2, 0.25) is 0 Å². The molecule has 3 N–H and O–H groups in total. The van der Waals surface area contributed by atoms with Crippen LogP contribution in [-0.4, -0.2) is 26.2 Å². The molecule has 20 heavy (non-hydrogen) atoms. The molecule has 0 aromatic heterocycles. The predicted octanol–water partition coefficient (Wildman–Crippen LogP) is 1.79. The van der Waals surface area contributed by atoms with E-state index in [0.29, 0.717) is 17.1 Å². The zero-order chi connectivity index (χ0) is 14.6. The number of nitrogens with two attached hydrogens (primary N) is 1. The Morgan fingerprint density at radius 2 is 1.75 bits per heavy atom. The third kappa shape index (κ3) is 4.25. The van der Waals surface area contributed by atoms with Crippen molar-refractivity contribution in [3.63, 3.8) is 0 Å². The van der Waals surface area contributed by atoms with Gasteiger partial charge in [0.15, 0.2) is 11.5 Å². The molecule has 0 fully saturated rings. The second kappa shape index (κ2) is 7.91. The lowest BCUT2D eigenvalue weighted by Crippen LogP contribution is -2.39. The first-order valence-electron chi connectivity index (χ1n) is 5.88. The number of methoxy groups -OCH3 is 2. The molecule has 1 unspecified atom stereocenters. The van der Waals surface area contributed by atoms with Crippen molar-refractivity contribution in [3.8, 4) is 11.5 Å². The molecule has 5 nitrogen and oxygen atoms in total. The van der Waals surface area contributed by atoms with E-state index in [1.165, 1.54) is 26.4 Å². The third-order valence-electron chi connectivity index (χ3n) is 2.74. The molecular formula is C13H20ClFN2O3. The van der Waals surface area contributed by atoms with E-state index >= 15 is 0 Å². The lowest BCUT2D eigenvalue weighted by Gasteiger charge is -2.18. The normalized spacial score (nSPS) is 12.9. The van der Waals surface area contributed by atoms with Crippen LogP contribution in [0.15, 0.2) is 12.1 Å². The molecule has 0 aliphatic rings. The Labute approximate surface area is 124 Å². The molecule has 0 spiro atoms.